The van der Waals surface area contributed by atoms with Crippen LogP contribution < -0.4 is 10.6 Å². The molecular formula is C14H17BrN4. The first kappa shape index (κ1) is 12.8. The van der Waals surface area contributed by atoms with Gasteiger partial charge in [0.25, 0.3) is 0 Å². The Morgan fingerprint density at radius 3 is 3.00 bits per heavy atom. The van der Waals surface area contributed by atoms with Crippen LogP contribution in [0.2, 0.25) is 0 Å². The van der Waals surface area contributed by atoms with Crippen molar-refractivity contribution in [1.29, 1.82) is 0 Å². The number of hydrogen-bond donors (Lipinski definition) is 2. The monoisotopic (exact) mass is 320 g/mol. The molecule has 1 aliphatic heterocycles. The first-order valence-electron chi connectivity index (χ1n) is 6.68. The van der Waals surface area contributed by atoms with Crippen LogP contribution in [0, 0.1) is 5.92 Å². The molecule has 0 saturated carbocycles. The van der Waals surface area contributed by atoms with E-state index in [1.54, 1.807) is 0 Å². The fraction of sp³-hybridized carbons (Fsp3) is 0.429. The summed E-state index contributed by atoms with van der Waals surface area (Å²) in [5, 5.41) is 6.92. The van der Waals surface area contributed by atoms with Crippen LogP contribution in [-0.2, 0) is 0 Å². The number of aromatic nitrogens is 2. The van der Waals surface area contributed by atoms with Crippen LogP contribution in [0.25, 0.3) is 11.0 Å². The summed E-state index contributed by atoms with van der Waals surface area (Å²) < 4.78 is 0.961. The van der Waals surface area contributed by atoms with Crippen LogP contribution >= 0.6 is 15.9 Å². The molecule has 1 saturated heterocycles. The number of anilines is 1. The zero-order valence-corrected chi connectivity index (χ0v) is 12.3. The highest BCUT2D eigenvalue weighted by Gasteiger charge is 2.13. The van der Waals surface area contributed by atoms with Crippen molar-refractivity contribution >= 4 is 32.7 Å². The van der Waals surface area contributed by atoms with Crippen LogP contribution in [0.5, 0.6) is 0 Å². The minimum Gasteiger partial charge on any atom is -0.383 e. The van der Waals surface area contributed by atoms with Gasteiger partial charge in [-0.1, -0.05) is 0 Å². The van der Waals surface area contributed by atoms with E-state index in [4.69, 9.17) is 0 Å². The predicted octanol–water partition coefficient (Wildman–Crippen LogP) is 2.80. The Kier molecular flexibility index (Phi) is 3.94. The second-order valence-electron chi connectivity index (χ2n) is 4.95. The number of nitrogens with zero attached hydrogens (tertiary/aromatic N) is 2. The first-order valence-corrected chi connectivity index (χ1v) is 7.47. The maximum Gasteiger partial charge on any atom is 0.112 e. The fourth-order valence-electron chi connectivity index (χ4n) is 2.49. The van der Waals surface area contributed by atoms with Gasteiger partial charge >= 0.3 is 0 Å². The molecule has 1 fully saturated rings. The Morgan fingerprint density at radius 2 is 2.16 bits per heavy atom. The lowest BCUT2D eigenvalue weighted by atomic mass is 9.98. The Hall–Kier alpha value is -1.20. The van der Waals surface area contributed by atoms with E-state index in [1.165, 1.54) is 12.8 Å². The Balaban J connectivity index is 1.76. The van der Waals surface area contributed by atoms with Crippen molar-refractivity contribution in [2.75, 3.05) is 25.0 Å². The van der Waals surface area contributed by atoms with Gasteiger partial charge in [-0.3, -0.25) is 9.97 Å². The fourth-order valence-corrected chi connectivity index (χ4v) is 2.81. The minimum atomic E-state index is 0.750. The predicted molar refractivity (Wildman–Crippen MR) is 81.3 cm³/mol. The van der Waals surface area contributed by atoms with E-state index in [-0.39, 0.29) is 0 Å². The van der Waals surface area contributed by atoms with Crippen LogP contribution in [0.3, 0.4) is 0 Å². The van der Waals surface area contributed by atoms with Crippen molar-refractivity contribution < 1.29 is 0 Å². The molecule has 0 bridgehead atoms. The average molecular weight is 321 g/mol. The topological polar surface area (TPSA) is 49.8 Å². The number of nitrogens with one attached hydrogen (secondary N) is 2. The summed E-state index contributed by atoms with van der Waals surface area (Å²) in [6.07, 6.45) is 6.14. The zero-order chi connectivity index (χ0) is 13.1. The molecule has 0 aliphatic carbocycles. The normalized spacial score (nSPS) is 16.7. The number of piperidine rings is 1. The van der Waals surface area contributed by atoms with Gasteiger partial charge in [-0.2, -0.15) is 0 Å². The van der Waals surface area contributed by atoms with Gasteiger partial charge in [-0.15, -0.1) is 0 Å². The van der Waals surface area contributed by atoms with Crippen LogP contribution in [0.1, 0.15) is 12.8 Å². The minimum absolute atomic E-state index is 0.750. The van der Waals surface area contributed by atoms with E-state index in [9.17, 15) is 0 Å². The molecular weight excluding hydrogens is 304 g/mol. The molecule has 0 amide bonds. The molecule has 0 radical (unpaired) electrons. The van der Waals surface area contributed by atoms with Crippen molar-refractivity contribution in [2.24, 2.45) is 5.92 Å². The van der Waals surface area contributed by atoms with E-state index < -0.39 is 0 Å². The van der Waals surface area contributed by atoms with Gasteiger partial charge in [0.05, 0.1) is 11.2 Å². The van der Waals surface area contributed by atoms with Crippen LogP contribution in [0.4, 0.5) is 5.69 Å². The molecule has 1 aliphatic rings. The summed E-state index contributed by atoms with van der Waals surface area (Å²) in [6, 6.07) is 4.00. The number of halogens is 1. The molecule has 100 valence electrons. The largest absolute Gasteiger partial charge is 0.383 e. The van der Waals surface area contributed by atoms with Gasteiger partial charge in [0.15, 0.2) is 0 Å². The molecule has 3 heterocycles. The lowest BCUT2D eigenvalue weighted by molar-refractivity contribution is 0.390. The van der Waals surface area contributed by atoms with E-state index in [0.717, 1.165) is 46.7 Å². The third-order valence-corrected chi connectivity index (χ3v) is 4.02. The molecule has 2 N–H and O–H groups in total. The summed E-state index contributed by atoms with van der Waals surface area (Å²) in [5.74, 6) is 0.750. The van der Waals surface area contributed by atoms with Crippen molar-refractivity contribution in [3.63, 3.8) is 0 Å². The van der Waals surface area contributed by atoms with Gasteiger partial charge in [0, 0.05) is 23.4 Å². The van der Waals surface area contributed by atoms with Crippen molar-refractivity contribution in [1.82, 2.24) is 15.3 Å². The van der Waals surface area contributed by atoms with Gasteiger partial charge in [-0.25, -0.2) is 0 Å². The highest BCUT2D eigenvalue weighted by Crippen LogP contribution is 2.23. The molecule has 2 aromatic heterocycles. The highest BCUT2D eigenvalue weighted by atomic mass is 79.9. The Labute approximate surface area is 121 Å². The Morgan fingerprint density at radius 1 is 1.32 bits per heavy atom. The average Bonchev–Trinajstić information content (AvgIpc) is 2.45. The lowest BCUT2D eigenvalue weighted by Crippen LogP contribution is -2.31. The van der Waals surface area contributed by atoms with Gasteiger partial charge in [-0.05, 0) is 59.9 Å². The molecule has 0 atom stereocenters. The van der Waals surface area contributed by atoms with Crippen molar-refractivity contribution in [2.45, 2.75) is 12.8 Å². The molecule has 3 rings (SSSR count). The van der Waals surface area contributed by atoms with E-state index in [2.05, 4.69) is 36.5 Å². The maximum atomic E-state index is 4.46. The van der Waals surface area contributed by atoms with E-state index >= 15 is 0 Å². The molecule has 0 spiro atoms. The highest BCUT2D eigenvalue weighted by molar-refractivity contribution is 9.10. The molecule has 0 unspecified atom stereocenters. The summed E-state index contributed by atoms with van der Waals surface area (Å²) in [6.45, 7) is 3.28. The van der Waals surface area contributed by atoms with E-state index in [0.29, 0.717) is 0 Å². The van der Waals surface area contributed by atoms with Crippen molar-refractivity contribution in [3.05, 3.63) is 29.0 Å². The zero-order valence-electron chi connectivity index (χ0n) is 10.7. The van der Waals surface area contributed by atoms with Gasteiger partial charge < -0.3 is 10.6 Å². The van der Waals surface area contributed by atoms with E-state index in [1.807, 2.05) is 24.5 Å². The van der Waals surface area contributed by atoms with Crippen LogP contribution in [0.15, 0.2) is 29.0 Å². The quantitative estimate of drug-likeness (QED) is 0.913. The smallest absolute Gasteiger partial charge is 0.112 e. The Bertz CT molecular complexity index is 566. The molecule has 4 nitrogen and oxygen atoms in total. The van der Waals surface area contributed by atoms with Gasteiger partial charge in [0.2, 0.25) is 0 Å². The number of rotatable bonds is 3. The molecule has 19 heavy (non-hydrogen) atoms. The third kappa shape index (κ3) is 3.04. The lowest BCUT2D eigenvalue weighted by Gasteiger charge is -2.23. The van der Waals surface area contributed by atoms with Crippen LogP contribution in [-0.4, -0.2) is 29.6 Å². The SMILES string of the molecule is Brc1cnc2c(NCC3CCNCC3)ccnc2c1. The second kappa shape index (κ2) is 5.84. The summed E-state index contributed by atoms with van der Waals surface area (Å²) >= 11 is 3.43. The number of fused-ring (bicyclic) bond motifs is 1. The molecule has 0 aromatic carbocycles. The maximum absolute atomic E-state index is 4.46. The molecule has 5 heteroatoms. The standard InChI is InChI=1S/C14H17BrN4/c15-11-7-13-14(19-9-11)12(3-6-17-13)18-8-10-1-4-16-5-2-10/h3,6-7,9-10,16H,1-2,4-5,8H2,(H,17,18). The first-order chi connectivity index (χ1) is 9.33. The summed E-state index contributed by atoms with van der Waals surface area (Å²) in [4.78, 5) is 8.82. The van der Waals surface area contributed by atoms with Gasteiger partial charge in [0.1, 0.15) is 5.52 Å². The third-order valence-electron chi connectivity index (χ3n) is 3.58. The molecule has 2 aromatic rings. The van der Waals surface area contributed by atoms with Crippen molar-refractivity contribution in [3.8, 4) is 0 Å². The summed E-state index contributed by atoms with van der Waals surface area (Å²) in [5.41, 5.74) is 2.94. The number of pyridine rings is 2. The summed E-state index contributed by atoms with van der Waals surface area (Å²) in [7, 11) is 0. The number of hydrogen-bond acceptors (Lipinski definition) is 4. The second-order valence-corrected chi connectivity index (χ2v) is 5.87.